The van der Waals surface area contributed by atoms with Gasteiger partial charge in [-0.15, -0.1) is 0 Å². The summed E-state index contributed by atoms with van der Waals surface area (Å²) in [6.45, 7) is 4.91. The first-order chi connectivity index (χ1) is 8.72. The van der Waals surface area contributed by atoms with Gasteiger partial charge in [0.1, 0.15) is 0 Å². The molecule has 0 aliphatic heterocycles. The standard InChI is InChI=1S/C14H18N4/c1-10-4-3-7-15-13(10)9-18-8-11(2)16-14(18)17-12-5-6-12/h3-4,7-8,12H,5-6,9H2,1-2H3,(H,16,17). The van der Waals surface area contributed by atoms with Crippen molar-refractivity contribution in [2.45, 2.75) is 39.3 Å². The van der Waals surface area contributed by atoms with Crippen LogP contribution >= 0.6 is 0 Å². The third kappa shape index (κ3) is 2.37. The maximum atomic E-state index is 4.54. The Kier molecular flexibility index (Phi) is 2.78. The normalized spacial score (nSPS) is 14.8. The van der Waals surface area contributed by atoms with E-state index in [1.54, 1.807) is 0 Å². The molecule has 0 bridgehead atoms. The molecule has 2 aromatic heterocycles. The van der Waals surface area contributed by atoms with Gasteiger partial charge in [0.15, 0.2) is 0 Å². The van der Waals surface area contributed by atoms with Gasteiger partial charge in [0.25, 0.3) is 0 Å². The van der Waals surface area contributed by atoms with Crippen molar-refractivity contribution in [3.05, 3.63) is 41.5 Å². The van der Waals surface area contributed by atoms with Crippen LogP contribution in [0.1, 0.15) is 29.8 Å². The summed E-state index contributed by atoms with van der Waals surface area (Å²) in [6, 6.07) is 4.69. The van der Waals surface area contributed by atoms with E-state index in [9.17, 15) is 0 Å². The average molecular weight is 242 g/mol. The van der Waals surface area contributed by atoms with Crippen molar-refractivity contribution in [3.8, 4) is 0 Å². The van der Waals surface area contributed by atoms with E-state index in [0.717, 1.165) is 23.9 Å². The van der Waals surface area contributed by atoms with Crippen LogP contribution in [0.4, 0.5) is 5.95 Å². The van der Waals surface area contributed by atoms with Crippen molar-refractivity contribution in [3.63, 3.8) is 0 Å². The van der Waals surface area contributed by atoms with E-state index in [-0.39, 0.29) is 0 Å². The first kappa shape index (κ1) is 11.3. The first-order valence-electron chi connectivity index (χ1n) is 6.43. The van der Waals surface area contributed by atoms with Crippen molar-refractivity contribution in [2.75, 3.05) is 5.32 Å². The lowest BCUT2D eigenvalue weighted by atomic mass is 10.2. The van der Waals surface area contributed by atoms with Crippen molar-refractivity contribution >= 4 is 5.95 Å². The molecule has 1 saturated carbocycles. The van der Waals surface area contributed by atoms with Gasteiger partial charge in [-0.3, -0.25) is 4.98 Å². The molecule has 0 radical (unpaired) electrons. The third-order valence-electron chi connectivity index (χ3n) is 3.25. The zero-order valence-electron chi connectivity index (χ0n) is 10.8. The Morgan fingerprint density at radius 2 is 2.22 bits per heavy atom. The van der Waals surface area contributed by atoms with Crippen LogP contribution < -0.4 is 5.32 Å². The topological polar surface area (TPSA) is 42.7 Å². The molecule has 1 aliphatic carbocycles. The molecule has 0 unspecified atom stereocenters. The molecule has 0 amide bonds. The van der Waals surface area contributed by atoms with Gasteiger partial charge in [0, 0.05) is 18.4 Å². The molecule has 3 rings (SSSR count). The van der Waals surface area contributed by atoms with Crippen molar-refractivity contribution in [1.29, 1.82) is 0 Å². The van der Waals surface area contributed by atoms with Gasteiger partial charge in [0.2, 0.25) is 5.95 Å². The van der Waals surface area contributed by atoms with Crippen LogP contribution in [0.15, 0.2) is 24.5 Å². The highest BCUT2D eigenvalue weighted by Gasteiger charge is 2.23. The average Bonchev–Trinajstić information content (AvgIpc) is 3.07. The Morgan fingerprint density at radius 3 is 2.94 bits per heavy atom. The maximum Gasteiger partial charge on any atom is 0.203 e. The van der Waals surface area contributed by atoms with Crippen LogP contribution in [-0.4, -0.2) is 20.6 Å². The summed E-state index contributed by atoms with van der Waals surface area (Å²) in [5.41, 5.74) is 3.38. The van der Waals surface area contributed by atoms with Crippen LogP contribution in [-0.2, 0) is 6.54 Å². The molecule has 1 N–H and O–H groups in total. The fourth-order valence-corrected chi connectivity index (χ4v) is 2.04. The largest absolute Gasteiger partial charge is 0.353 e. The summed E-state index contributed by atoms with van der Waals surface area (Å²) in [4.78, 5) is 8.98. The molecule has 1 aliphatic rings. The van der Waals surface area contributed by atoms with Crippen LogP contribution in [0.3, 0.4) is 0 Å². The zero-order chi connectivity index (χ0) is 12.5. The minimum Gasteiger partial charge on any atom is -0.353 e. The van der Waals surface area contributed by atoms with Gasteiger partial charge < -0.3 is 9.88 Å². The van der Waals surface area contributed by atoms with E-state index in [1.807, 2.05) is 19.2 Å². The quantitative estimate of drug-likeness (QED) is 0.895. The second kappa shape index (κ2) is 4.44. The van der Waals surface area contributed by atoms with Crippen LogP contribution in [0, 0.1) is 13.8 Å². The number of anilines is 1. The summed E-state index contributed by atoms with van der Waals surface area (Å²) in [7, 11) is 0. The fraction of sp³-hybridized carbons (Fsp3) is 0.429. The van der Waals surface area contributed by atoms with E-state index < -0.39 is 0 Å². The minimum absolute atomic E-state index is 0.621. The summed E-state index contributed by atoms with van der Waals surface area (Å²) in [5.74, 6) is 0.972. The van der Waals surface area contributed by atoms with E-state index in [2.05, 4.69) is 39.0 Å². The highest BCUT2D eigenvalue weighted by atomic mass is 15.2. The Hall–Kier alpha value is -1.84. The van der Waals surface area contributed by atoms with Crippen LogP contribution in [0.2, 0.25) is 0 Å². The van der Waals surface area contributed by atoms with Crippen molar-refractivity contribution < 1.29 is 0 Å². The lowest BCUT2D eigenvalue weighted by Crippen LogP contribution is -2.10. The number of nitrogens with zero attached hydrogens (tertiary/aromatic N) is 3. The molecule has 18 heavy (non-hydrogen) atoms. The predicted molar refractivity (Wildman–Crippen MR) is 71.7 cm³/mol. The van der Waals surface area contributed by atoms with Gasteiger partial charge in [0.05, 0.1) is 17.9 Å². The van der Waals surface area contributed by atoms with Crippen LogP contribution in [0.5, 0.6) is 0 Å². The Labute approximate surface area is 107 Å². The summed E-state index contributed by atoms with van der Waals surface area (Å²) in [5, 5.41) is 3.47. The van der Waals surface area contributed by atoms with Crippen molar-refractivity contribution in [2.24, 2.45) is 0 Å². The van der Waals surface area contributed by atoms with Crippen LogP contribution in [0.25, 0.3) is 0 Å². The molecule has 0 atom stereocenters. The maximum absolute atomic E-state index is 4.54. The molecule has 2 heterocycles. The number of nitrogens with one attached hydrogen (secondary N) is 1. The van der Waals surface area contributed by atoms with Gasteiger partial charge in [-0.2, -0.15) is 0 Å². The SMILES string of the molecule is Cc1cn(Cc2ncccc2C)c(NC2CC2)n1. The number of aromatic nitrogens is 3. The molecule has 94 valence electrons. The molecule has 0 spiro atoms. The molecular weight excluding hydrogens is 224 g/mol. The number of hydrogen-bond donors (Lipinski definition) is 1. The highest BCUT2D eigenvalue weighted by molar-refractivity contribution is 5.33. The van der Waals surface area contributed by atoms with Crippen molar-refractivity contribution in [1.82, 2.24) is 14.5 Å². The predicted octanol–water partition coefficient (Wildman–Crippen LogP) is 2.52. The lowest BCUT2D eigenvalue weighted by molar-refractivity contribution is 0.767. The number of hydrogen-bond acceptors (Lipinski definition) is 3. The minimum atomic E-state index is 0.621. The van der Waals surface area contributed by atoms with E-state index in [4.69, 9.17) is 0 Å². The number of pyridine rings is 1. The van der Waals surface area contributed by atoms with Gasteiger partial charge in [-0.1, -0.05) is 6.07 Å². The van der Waals surface area contributed by atoms with Gasteiger partial charge in [-0.05, 0) is 38.3 Å². The second-order valence-corrected chi connectivity index (χ2v) is 5.02. The smallest absolute Gasteiger partial charge is 0.203 e. The monoisotopic (exact) mass is 242 g/mol. The Bertz CT molecular complexity index is 555. The number of imidazole rings is 1. The molecule has 1 fully saturated rings. The highest BCUT2D eigenvalue weighted by Crippen LogP contribution is 2.24. The molecule has 0 aromatic carbocycles. The summed E-state index contributed by atoms with van der Waals surface area (Å²) < 4.78 is 2.16. The lowest BCUT2D eigenvalue weighted by Gasteiger charge is -2.10. The zero-order valence-corrected chi connectivity index (χ0v) is 10.8. The molecule has 2 aromatic rings. The molecule has 0 saturated heterocycles. The van der Waals surface area contributed by atoms with Gasteiger partial charge >= 0.3 is 0 Å². The number of rotatable bonds is 4. The molecule has 4 heteroatoms. The molecular formula is C14H18N4. The Balaban J connectivity index is 1.85. The number of aryl methyl sites for hydroxylation is 2. The third-order valence-corrected chi connectivity index (χ3v) is 3.25. The molecule has 4 nitrogen and oxygen atoms in total. The van der Waals surface area contributed by atoms with E-state index in [0.29, 0.717) is 6.04 Å². The summed E-state index contributed by atoms with van der Waals surface area (Å²) >= 11 is 0. The van der Waals surface area contributed by atoms with E-state index >= 15 is 0 Å². The van der Waals surface area contributed by atoms with E-state index in [1.165, 1.54) is 18.4 Å². The van der Waals surface area contributed by atoms with Gasteiger partial charge in [-0.25, -0.2) is 4.98 Å². The fourth-order valence-electron chi connectivity index (χ4n) is 2.04. The first-order valence-corrected chi connectivity index (χ1v) is 6.43. The second-order valence-electron chi connectivity index (χ2n) is 5.02. The summed E-state index contributed by atoms with van der Waals surface area (Å²) in [6.07, 6.45) is 6.45. The Morgan fingerprint density at radius 1 is 1.39 bits per heavy atom.